The van der Waals surface area contributed by atoms with E-state index in [2.05, 4.69) is 5.32 Å². The number of nitrogens with one attached hydrogen (secondary N) is 1. The van der Waals surface area contributed by atoms with Crippen molar-refractivity contribution < 1.29 is 14.7 Å². The van der Waals surface area contributed by atoms with Crippen LogP contribution in [0.5, 0.6) is 0 Å². The number of hydrogen-bond donors (Lipinski definition) is 3. The van der Waals surface area contributed by atoms with Crippen molar-refractivity contribution in [2.75, 3.05) is 0 Å². The number of rotatable bonds is 4. The zero-order chi connectivity index (χ0) is 12.3. The van der Waals surface area contributed by atoms with Crippen LogP contribution in [0.3, 0.4) is 0 Å². The van der Waals surface area contributed by atoms with E-state index in [1.165, 1.54) is 0 Å². The smallest absolute Gasteiger partial charge is 0.308 e. The standard InChI is InChI=1S/C11H20N2O3/c1-6(2)9(12)10(14)13-8-5-3-4-7(8)11(15)16/h6-9H,3-5,12H2,1-2H3,(H,13,14)(H,15,16)/t7?,8?,9-/m0/s1. The van der Waals surface area contributed by atoms with Crippen molar-refractivity contribution in [2.24, 2.45) is 17.6 Å². The second-order valence-electron chi connectivity index (χ2n) is 4.76. The van der Waals surface area contributed by atoms with Crippen LogP contribution in [0, 0.1) is 11.8 Å². The summed E-state index contributed by atoms with van der Waals surface area (Å²) in [4.78, 5) is 22.6. The van der Waals surface area contributed by atoms with Gasteiger partial charge in [-0.3, -0.25) is 9.59 Å². The summed E-state index contributed by atoms with van der Waals surface area (Å²) in [7, 11) is 0. The largest absolute Gasteiger partial charge is 0.481 e. The Bertz CT molecular complexity index is 278. The monoisotopic (exact) mass is 228 g/mol. The van der Waals surface area contributed by atoms with E-state index in [-0.39, 0.29) is 17.9 Å². The van der Waals surface area contributed by atoms with Crippen molar-refractivity contribution in [1.82, 2.24) is 5.32 Å². The first-order valence-electron chi connectivity index (χ1n) is 5.72. The third kappa shape index (κ3) is 2.95. The number of carbonyl (C=O) groups is 2. The first-order valence-corrected chi connectivity index (χ1v) is 5.72. The highest BCUT2D eigenvalue weighted by atomic mass is 16.4. The van der Waals surface area contributed by atoms with Crippen LogP contribution in [-0.4, -0.2) is 29.1 Å². The molecule has 1 amide bonds. The zero-order valence-corrected chi connectivity index (χ0v) is 9.77. The van der Waals surface area contributed by atoms with E-state index >= 15 is 0 Å². The van der Waals surface area contributed by atoms with Gasteiger partial charge in [-0.2, -0.15) is 0 Å². The molecule has 2 unspecified atom stereocenters. The highest BCUT2D eigenvalue weighted by molar-refractivity contribution is 5.83. The molecule has 0 spiro atoms. The Morgan fingerprint density at radius 1 is 1.38 bits per heavy atom. The van der Waals surface area contributed by atoms with Crippen molar-refractivity contribution in [1.29, 1.82) is 0 Å². The SMILES string of the molecule is CC(C)[C@H](N)C(=O)NC1CCCC1C(=O)O. The molecular weight excluding hydrogens is 208 g/mol. The van der Waals surface area contributed by atoms with Gasteiger partial charge in [-0.15, -0.1) is 0 Å². The molecule has 0 aromatic carbocycles. The van der Waals surface area contributed by atoms with Gasteiger partial charge in [0.2, 0.25) is 5.91 Å². The summed E-state index contributed by atoms with van der Waals surface area (Å²) in [6.45, 7) is 3.74. The normalized spacial score (nSPS) is 26.8. The fourth-order valence-electron chi connectivity index (χ4n) is 2.01. The minimum absolute atomic E-state index is 0.0599. The number of carbonyl (C=O) groups excluding carboxylic acids is 1. The molecule has 1 saturated carbocycles. The van der Waals surface area contributed by atoms with Crippen molar-refractivity contribution in [3.63, 3.8) is 0 Å². The Morgan fingerprint density at radius 2 is 2.00 bits per heavy atom. The lowest BCUT2D eigenvalue weighted by Gasteiger charge is -2.21. The minimum atomic E-state index is -0.832. The van der Waals surface area contributed by atoms with Gasteiger partial charge < -0.3 is 16.2 Å². The summed E-state index contributed by atoms with van der Waals surface area (Å²) >= 11 is 0. The predicted molar refractivity (Wildman–Crippen MR) is 59.7 cm³/mol. The Kier molecular flexibility index (Phi) is 4.29. The molecule has 5 nitrogen and oxygen atoms in total. The summed E-state index contributed by atoms with van der Waals surface area (Å²) < 4.78 is 0. The van der Waals surface area contributed by atoms with Crippen LogP contribution in [-0.2, 0) is 9.59 Å². The van der Waals surface area contributed by atoms with Gasteiger partial charge >= 0.3 is 5.97 Å². The molecule has 0 aliphatic heterocycles. The van der Waals surface area contributed by atoms with E-state index in [0.717, 1.165) is 12.8 Å². The second-order valence-corrected chi connectivity index (χ2v) is 4.76. The molecular formula is C11H20N2O3. The molecule has 92 valence electrons. The van der Waals surface area contributed by atoms with Gasteiger partial charge in [-0.05, 0) is 18.8 Å². The topological polar surface area (TPSA) is 92.4 Å². The van der Waals surface area contributed by atoms with Crippen LogP contribution in [0.25, 0.3) is 0 Å². The molecule has 5 heteroatoms. The van der Waals surface area contributed by atoms with Gasteiger partial charge in [0.15, 0.2) is 0 Å². The fourth-order valence-corrected chi connectivity index (χ4v) is 2.01. The maximum atomic E-state index is 11.7. The molecule has 1 rings (SSSR count). The Labute approximate surface area is 95.4 Å². The molecule has 0 heterocycles. The molecule has 1 aliphatic carbocycles. The summed E-state index contributed by atoms with van der Waals surface area (Å²) in [5, 5.41) is 11.7. The number of amides is 1. The van der Waals surface area contributed by atoms with Gasteiger partial charge in [-0.1, -0.05) is 20.3 Å². The van der Waals surface area contributed by atoms with E-state index < -0.39 is 17.9 Å². The molecule has 0 aromatic heterocycles. The maximum Gasteiger partial charge on any atom is 0.308 e. The number of hydrogen-bond acceptors (Lipinski definition) is 3. The first kappa shape index (κ1) is 13.0. The van der Waals surface area contributed by atoms with Gasteiger partial charge in [0.25, 0.3) is 0 Å². The summed E-state index contributed by atoms with van der Waals surface area (Å²) in [6.07, 6.45) is 2.21. The minimum Gasteiger partial charge on any atom is -0.481 e. The highest BCUT2D eigenvalue weighted by Gasteiger charge is 2.34. The average molecular weight is 228 g/mol. The van der Waals surface area contributed by atoms with Gasteiger partial charge in [-0.25, -0.2) is 0 Å². The summed E-state index contributed by atoms with van der Waals surface area (Å²) in [5.41, 5.74) is 5.70. The lowest BCUT2D eigenvalue weighted by molar-refractivity contribution is -0.142. The third-order valence-electron chi connectivity index (χ3n) is 3.18. The van der Waals surface area contributed by atoms with Crippen LogP contribution in [0.15, 0.2) is 0 Å². The number of carboxylic acid groups (broad SMARTS) is 1. The molecule has 0 bridgehead atoms. The van der Waals surface area contributed by atoms with E-state index in [9.17, 15) is 9.59 Å². The Morgan fingerprint density at radius 3 is 2.50 bits per heavy atom. The molecule has 1 aliphatic rings. The first-order chi connectivity index (χ1) is 7.43. The van der Waals surface area contributed by atoms with Crippen LogP contribution >= 0.6 is 0 Å². The summed E-state index contributed by atoms with van der Waals surface area (Å²) in [6, 6.07) is -0.815. The molecule has 0 radical (unpaired) electrons. The second kappa shape index (κ2) is 5.30. The molecule has 3 atom stereocenters. The number of carboxylic acids is 1. The van der Waals surface area contributed by atoms with Crippen molar-refractivity contribution in [2.45, 2.75) is 45.2 Å². The predicted octanol–water partition coefficient (Wildman–Crippen LogP) is 0.339. The molecule has 1 fully saturated rings. The Balaban J connectivity index is 2.53. The summed E-state index contributed by atoms with van der Waals surface area (Å²) in [5.74, 6) is -1.47. The van der Waals surface area contributed by atoms with Crippen LogP contribution in [0.4, 0.5) is 0 Å². The fraction of sp³-hybridized carbons (Fsp3) is 0.818. The van der Waals surface area contributed by atoms with Crippen LogP contribution < -0.4 is 11.1 Å². The molecule has 0 aromatic rings. The molecule has 4 N–H and O–H groups in total. The van der Waals surface area contributed by atoms with Gasteiger partial charge in [0, 0.05) is 6.04 Å². The lowest BCUT2D eigenvalue weighted by atomic mass is 10.0. The van der Waals surface area contributed by atoms with Crippen molar-refractivity contribution in [3.05, 3.63) is 0 Å². The van der Waals surface area contributed by atoms with Crippen molar-refractivity contribution in [3.8, 4) is 0 Å². The Hall–Kier alpha value is -1.10. The average Bonchev–Trinajstić information content (AvgIpc) is 2.64. The van der Waals surface area contributed by atoms with Crippen molar-refractivity contribution >= 4 is 11.9 Å². The number of aliphatic carboxylic acids is 1. The van der Waals surface area contributed by atoms with Crippen LogP contribution in [0.2, 0.25) is 0 Å². The van der Waals surface area contributed by atoms with E-state index in [1.54, 1.807) is 0 Å². The lowest BCUT2D eigenvalue weighted by Crippen LogP contribution is -2.49. The highest BCUT2D eigenvalue weighted by Crippen LogP contribution is 2.25. The van der Waals surface area contributed by atoms with E-state index in [1.807, 2.05) is 13.8 Å². The molecule has 16 heavy (non-hydrogen) atoms. The van der Waals surface area contributed by atoms with Gasteiger partial charge in [0.05, 0.1) is 12.0 Å². The van der Waals surface area contributed by atoms with E-state index in [4.69, 9.17) is 10.8 Å². The quantitative estimate of drug-likeness (QED) is 0.647. The maximum absolute atomic E-state index is 11.7. The number of nitrogens with two attached hydrogens (primary N) is 1. The molecule has 0 saturated heterocycles. The van der Waals surface area contributed by atoms with Gasteiger partial charge in [0.1, 0.15) is 0 Å². The van der Waals surface area contributed by atoms with E-state index in [0.29, 0.717) is 6.42 Å². The zero-order valence-electron chi connectivity index (χ0n) is 9.77. The van der Waals surface area contributed by atoms with Crippen LogP contribution in [0.1, 0.15) is 33.1 Å². The third-order valence-corrected chi connectivity index (χ3v) is 3.18.